The molecule has 0 fully saturated rings. The number of nitrogens with two attached hydrogens (primary N) is 1. The van der Waals surface area contributed by atoms with Gasteiger partial charge in [-0.25, -0.2) is 24.3 Å². The first-order chi connectivity index (χ1) is 18.6. The second-order valence-corrected chi connectivity index (χ2v) is 14.7. The summed E-state index contributed by atoms with van der Waals surface area (Å²) < 4.78 is 28.5. The van der Waals surface area contributed by atoms with Crippen LogP contribution in [0.2, 0.25) is 19.6 Å². The number of anilines is 1. The standard InChI is InChI=1S/C29H27FN6O2Si/c1-18-7-6-8-26(35-18)38-24-10-9-20(14-21(24)30)36-23(15-22-28(36)29(31)34-17-33-22)27-25(37-2)13-19(16-32-27)11-12-39(3,4)5/h6-10,13-17H,1-5H3,(H2,31,33,34). The predicted molar refractivity (Wildman–Crippen MR) is 152 cm³/mol. The van der Waals surface area contributed by atoms with Crippen molar-refractivity contribution in [1.29, 1.82) is 0 Å². The zero-order chi connectivity index (χ0) is 27.7. The normalized spacial score (nSPS) is 11.2. The van der Waals surface area contributed by atoms with E-state index in [1.54, 1.807) is 42.1 Å². The van der Waals surface area contributed by atoms with Gasteiger partial charge in [0.05, 0.1) is 18.3 Å². The summed E-state index contributed by atoms with van der Waals surface area (Å²) >= 11 is 0. The molecule has 0 aliphatic heterocycles. The highest BCUT2D eigenvalue weighted by Gasteiger charge is 2.21. The zero-order valence-electron chi connectivity index (χ0n) is 22.3. The van der Waals surface area contributed by atoms with Crippen LogP contribution in [0.5, 0.6) is 17.4 Å². The highest BCUT2D eigenvalue weighted by Crippen LogP contribution is 2.37. The van der Waals surface area contributed by atoms with Crippen molar-refractivity contribution in [2.24, 2.45) is 0 Å². The maximum atomic E-state index is 15.4. The molecule has 0 atom stereocenters. The molecule has 0 spiro atoms. The number of halogens is 1. The van der Waals surface area contributed by atoms with Crippen molar-refractivity contribution in [3.8, 4) is 45.9 Å². The number of aromatic nitrogens is 5. The van der Waals surface area contributed by atoms with E-state index in [-0.39, 0.29) is 11.6 Å². The Kier molecular flexibility index (Phi) is 6.76. The molecule has 0 bridgehead atoms. The van der Waals surface area contributed by atoms with Crippen LogP contribution in [0.25, 0.3) is 28.1 Å². The number of benzene rings is 1. The fraction of sp³-hybridized carbons (Fsp3) is 0.172. The van der Waals surface area contributed by atoms with E-state index in [0.717, 1.165) is 11.3 Å². The number of hydrogen-bond donors (Lipinski definition) is 1. The van der Waals surface area contributed by atoms with E-state index in [2.05, 4.69) is 51.0 Å². The average Bonchev–Trinajstić information content (AvgIpc) is 3.29. The molecule has 0 saturated carbocycles. The molecule has 0 saturated heterocycles. The number of pyridine rings is 2. The van der Waals surface area contributed by atoms with Crippen LogP contribution in [0.3, 0.4) is 0 Å². The number of methoxy groups -OCH3 is 1. The van der Waals surface area contributed by atoms with Crippen LogP contribution in [-0.4, -0.2) is 39.7 Å². The highest BCUT2D eigenvalue weighted by atomic mass is 28.3. The number of fused-ring (bicyclic) bond motifs is 1. The molecule has 10 heteroatoms. The third-order valence-electron chi connectivity index (χ3n) is 5.76. The molecule has 196 valence electrons. The van der Waals surface area contributed by atoms with E-state index in [9.17, 15) is 0 Å². The molecule has 39 heavy (non-hydrogen) atoms. The Labute approximate surface area is 226 Å². The van der Waals surface area contributed by atoms with Gasteiger partial charge in [0.15, 0.2) is 17.4 Å². The van der Waals surface area contributed by atoms with E-state index >= 15 is 4.39 Å². The molecular formula is C29H27FN6O2Si. The van der Waals surface area contributed by atoms with Crippen molar-refractivity contribution in [1.82, 2.24) is 24.5 Å². The fourth-order valence-corrected chi connectivity index (χ4v) is 4.54. The molecule has 0 aliphatic rings. The van der Waals surface area contributed by atoms with E-state index in [1.807, 2.05) is 25.1 Å². The summed E-state index contributed by atoms with van der Waals surface area (Å²) in [6, 6.07) is 13.6. The van der Waals surface area contributed by atoms with Crippen molar-refractivity contribution in [3.05, 3.63) is 78.1 Å². The van der Waals surface area contributed by atoms with Gasteiger partial charge in [0.2, 0.25) is 5.88 Å². The molecule has 1 aromatic carbocycles. The van der Waals surface area contributed by atoms with Crippen molar-refractivity contribution in [2.45, 2.75) is 26.6 Å². The molecule has 8 nitrogen and oxygen atoms in total. The third-order valence-corrected chi connectivity index (χ3v) is 6.64. The summed E-state index contributed by atoms with van der Waals surface area (Å²) in [4.78, 5) is 17.5. The minimum absolute atomic E-state index is 0.0418. The molecule has 0 unspecified atom stereocenters. The van der Waals surface area contributed by atoms with Gasteiger partial charge in [-0.3, -0.25) is 0 Å². The van der Waals surface area contributed by atoms with Crippen LogP contribution in [0.15, 0.2) is 61.1 Å². The van der Waals surface area contributed by atoms with Crippen LogP contribution in [0.1, 0.15) is 11.3 Å². The second kappa shape index (κ2) is 10.2. The van der Waals surface area contributed by atoms with Gasteiger partial charge >= 0.3 is 0 Å². The molecule has 0 amide bonds. The predicted octanol–water partition coefficient (Wildman–Crippen LogP) is 5.94. The number of nitrogen functional groups attached to an aromatic ring is 1. The van der Waals surface area contributed by atoms with Crippen molar-refractivity contribution in [2.75, 3.05) is 12.8 Å². The minimum atomic E-state index is -1.58. The lowest BCUT2D eigenvalue weighted by Gasteiger charge is -2.15. The van der Waals surface area contributed by atoms with E-state index in [4.69, 9.17) is 15.2 Å². The van der Waals surface area contributed by atoms with Crippen LogP contribution in [0, 0.1) is 24.2 Å². The molecule has 5 rings (SSSR count). The Morgan fingerprint density at radius 2 is 1.82 bits per heavy atom. The first-order valence-corrected chi connectivity index (χ1v) is 15.7. The Balaban J connectivity index is 1.64. The topological polar surface area (TPSA) is 101 Å². The van der Waals surface area contributed by atoms with Gasteiger partial charge in [-0.15, -0.1) is 5.54 Å². The number of aryl methyl sites for hydroxylation is 1. The van der Waals surface area contributed by atoms with Gasteiger partial charge in [-0.05, 0) is 37.3 Å². The van der Waals surface area contributed by atoms with Crippen LogP contribution >= 0.6 is 0 Å². The van der Waals surface area contributed by atoms with E-state index in [0.29, 0.717) is 39.7 Å². The van der Waals surface area contributed by atoms with Gasteiger partial charge in [-0.1, -0.05) is 31.6 Å². The minimum Gasteiger partial charge on any atom is -0.494 e. The second-order valence-electron chi connectivity index (χ2n) is 9.97. The third kappa shape index (κ3) is 5.44. The maximum Gasteiger partial charge on any atom is 0.219 e. The summed E-state index contributed by atoms with van der Waals surface area (Å²) in [6.07, 6.45) is 3.09. The Morgan fingerprint density at radius 3 is 2.54 bits per heavy atom. The molecule has 4 heterocycles. The number of nitrogens with zero attached hydrogens (tertiary/aromatic N) is 5. The lowest BCUT2D eigenvalue weighted by Crippen LogP contribution is -2.16. The summed E-state index contributed by atoms with van der Waals surface area (Å²) in [6.45, 7) is 8.37. The molecule has 5 aromatic rings. The summed E-state index contributed by atoms with van der Waals surface area (Å²) in [5.74, 6) is 3.74. The van der Waals surface area contributed by atoms with Crippen molar-refractivity contribution in [3.63, 3.8) is 0 Å². The van der Waals surface area contributed by atoms with Gasteiger partial charge in [0, 0.05) is 35.3 Å². The first-order valence-electron chi connectivity index (χ1n) is 12.2. The smallest absolute Gasteiger partial charge is 0.219 e. The summed E-state index contributed by atoms with van der Waals surface area (Å²) in [7, 11) is -0.00531. The highest BCUT2D eigenvalue weighted by molar-refractivity contribution is 6.83. The Morgan fingerprint density at radius 1 is 1.00 bits per heavy atom. The SMILES string of the molecule is COc1cc(C#C[Si](C)(C)C)cnc1-c1cc2ncnc(N)c2n1-c1ccc(Oc2cccc(C)n2)c(F)c1. The molecule has 2 N–H and O–H groups in total. The van der Waals surface area contributed by atoms with Crippen molar-refractivity contribution >= 4 is 24.9 Å². The molecule has 4 aromatic heterocycles. The van der Waals surface area contributed by atoms with E-state index < -0.39 is 13.9 Å². The number of ether oxygens (including phenoxy) is 2. The molecule has 0 aliphatic carbocycles. The number of rotatable bonds is 5. The quantitative estimate of drug-likeness (QED) is 0.218. The van der Waals surface area contributed by atoms with Crippen molar-refractivity contribution < 1.29 is 13.9 Å². The Hall–Kier alpha value is -4.75. The van der Waals surface area contributed by atoms with Crippen LogP contribution < -0.4 is 15.2 Å². The van der Waals surface area contributed by atoms with E-state index in [1.165, 1.54) is 12.4 Å². The average molecular weight is 539 g/mol. The number of hydrogen-bond acceptors (Lipinski definition) is 7. The monoisotopic (exact) mass is 538 g/mol. The fourth-order valence-electron chi connectivity index (χ4n) is 4.02. The first kappa shape index (κ1) is 25.9. The summed E-state index contributed by atoms with van der Waals surface area (Å²) in [5, 5.41) is 0. The molecule has 0 radical (unpaired) electrons. The maximum absolute atomic E-state index is 15.4. The lowest BCUT2D eigenvalue weighted by atomic mass is 10.2. The van der Waals surface area contributed by atoms with Gasteiger partial charge < -0.3 is 19.8 Å². The van der Waals surface area contributed by atoms with Gasteiger partial charge in [0.1, 0.15) is 31.4 Å². The van der Waals surface area contributed by atoms with Gasteiger partial charge in [-0.2, -0.15) is 0 Å². The Bertz CT molecular complexity index is 1770. The largest absolute Gasteiger partial charge is 0.494 e. The van der Waals surface area contributed by atoms with Gasteiger partial charge in [0.25, 0.3) is 0 Å². The lowest BCUT2D eigenvalue weighted by molar-refractivity contribution is 0.414. The molecular weight excluding hydrogens is 511 g/mol. The zero-order valence-corrected chi connectivity index (χ0v) is 23.3. The van der Waals surface area contributed by atoms with Crippen LogP contribution in [-0.2, 0) is 0 Å². The summed E-state index contributed by atoms with van der Waals surface area (Å²) in [5.41, 5.74) is 13.8. The van der Waals surface area contributed by atoms with Crippen LogP contribution in [0.4, 0.5) is 10.2 Å².